The first-order valence-corrected chi connectivity index (χ1v) is 8.30. The number of pyridine rings is 1. The van der Waals surface area contributed by atoms with Crippen molar-refractivity contribution < 1.29 is 18.0 Å². The summed E-state index contributed by atoms with van der Waals surface area (Å²) in [5.41, 5.74) is 1.07. The molecular formula is C19H18F3N3O. The highest BCUT2D eigenvalue weighted by Crippen LogP contribution is 2.30. The number of nitrogens with one attached hydrogen (secondary N) is 1. The number of aromatic nitrogens is 2. The quantitative estimate of drug-likeness (QED) is 0.739. The minimum absolute atomic E-state index is 0.156. The van der Waals surface area contributed by atoms with Gasteiger partial charge in [0, 0.05) is 12.7 Å². The first-order chi connectivity index (χ1) is 12.4. The van der Waals surface area contributed by atoms with Gasteiger partial charge in [0.15, 0.2) is 0 Å². The normalized spacial score (nSPS) is 11.7. The maximum absolute atomic E-state index is 13.0. The van der Waals surface area contributed by atoms with E-state index in [2.05, 4.69) is 10.3 Å². The smallest absolute Gasteiger partial charge is 0.347 e. The molecule has 0 spiro atoms. The van der Waals surface area contributed by atoms with Crippen molar-refractivity contribution in [3.8, 4) is 0 Å². The third kappa shape index (κ3) is 3.71. The molecule has 4 nitrogen and oxygen atoms in total. The summed E-state index contributed by atoms with van der Waals surface area (Å²) in [6.45, 7) is 2.22. The number of carbonyl (C=O) groups is 1. The molecule has 1 amide bonds. The van der Waals surface area contributed by atoms with Crippen molar-refractivity contribution in [3.05, 3.63) is 71.2 Å². The lowest BCUT2D eigenvalue weighted by Gasteiger charge is -2.10. The van der Waals surface area contributed by atoms with Crippen molar-refractivity contribution in [3.63, 3.8) is 0 Å². The monoisotopic (exact) mass is 361 g/mol. The number of carbonyl (C=O) groups excluding carboxylic acids is 1. The summed E-state index contributed by atoms with van der Waals surface area (Å²) in [6, 6.07) is 11.6. The number of halogens is 3. The average molecular weight is 361 g/mol. The van der Waals surface area contributed by atoms with Crippen LogP contribution < -0.4 is 5.32 Å². The Hall–Kier alpha value is -2.83. The number of amides is 1. The van der Waals surface area contributed by atoms with Gasteiger partial charge in [-0.25, -0.2) is 4.98 Å². The molecule has 0 saturated carbocycles. The van der Waals surface area contributed by atoms with Gasteiger partial charge in [0.2, 0.25) is 0 Å². The van der Waals surface area contributed by atoms with Crippen molar-refractivity contribution in [2.24, 2.45) is 0 Å². The van der Waals surface area contributed by atoms with Gasteiger partial charge in [0.25, 0.3) is 5.91 Å². The van der Waals surface area contributed by atoms with Crippen LogP contribution in [0.25, 0.3) is 5.65 Å². The molecule has 0 bridgehead atoms. The number of fused-ring (bicyclic) bond motifs is 1. The molecule has 1 aromatic carbocycles. The second-order valence-electron chi connectivity index (χ2n) is 5.97. The highest BCUT2D eigenvalue weighted by atomic mass is 19.4. The zero-order chi connectivity index (χ0) is 18.7. The van der Waals surface area contributed by atoms with E-state index in [0.29, 0.717) is 17.8 Å². The summed E-state index contributed by atoms with van der Waals surface area (Å²) in [5.74, 6) is -0.441. The lowest BCUT2D eigenvalue weighted by molar-refractivity contribution is -0.137. The molecule has 0 unspecified atom stereocenters. The van der Waals surface area contributed by atoms with Crippen LogP contribution in [0.1, 0.15) is 40.7 Å². The molecule has 0 aliphatic rings. The van der Waals surface area contributed by atoms with Crippen LogP contribution in [0.15, 0.2) is 48.7 Å². The Morgan fingerprint density at radius 2 is 1.88 bits per heavy atom. The number of rotatable bonds is 5. The Morgan fingerprint density at radius 3 is 2.54 bits per heavy atom. The van der Waals surface area contributed by atoms with E-state index in [4.69, 9.17) is 0 Å². The Morgan fingerprint density at radius 1 is 1.15 bits per heavy atom. The average Bonchev–Trinajstić information content (AvgIpc) is 2.97. The van der Waals surface area contributed by atoms with E-state index in [1.54, 1.807) is 0 Å². The Balaban J connectivity index is 1.98. The minimum Gasteiger partial charge on any atom is -0.347 e. The van der Waals surface area contributed by atoms with E-state index in [1.165, 1.54) is 10.5 Å². The predicted molar refractivity (Wildman–Crippen MR) is 91.8 cm³/mol. The zero-order valence-electron chi connectivity index (χ0n) is 14.2. The Kier molecular flexibility index (Phi) is 4.97. The number of imidazole rings is 1. The van der Waals surface area contributed by atoms with Crippen LogP contribution in [0.3, 0.4) is 0 Å². The van der Waals surface area contributed by atoms with Crippen LogP contribution >= 0.6 is 0 Å². The van der Waals surface area contributed by atoms with E-state index < -0.39 is 17.6 Å². The van der Waals surface area contributed by atoms with Gasteiger partial charge in [-0.1, -0.05) is 43.7 Å². The summed E-state index contributed by atoms with van der Waals surface area (Å²) < 4.78 is 40.3. The third-order valence-corrected chi connectivity index (χ3v) is 4.02. The fraction of sp³-hybridized carbons (Fsp3) is 0.263. The molecule has 3 rings (SSSR count). The summed E-state index contributed by atoms with van der Waals surface area (Å²) in [6.07, 6.45) is -2.31. The molecule has 2 aromatic heterocycles. The van der Waals surface area contributed by atoms with Gasteiger partial charge in [-0.3, -0.25) is 9.20 Å². The minimum atomic E-state index is -4.48. The fourth-order valence-corrected chi connectivity index (χ4v) is 2.77. The molecule has 2 heterocycles. The SMILES string of the molecule is CCCc1nc2ccc(C(F)(F)F)cn2c1C(=O)NCc1ccccc1. The van der Waals surface area contributed by atoms with Gasteiger partial charge in [-0.2, -0.15) is 13.2 Å². The number of hydrogen-bond acceptors (Lipinski definition) is 2. The van der Waals surface area contributed by atoms with Crippen molar-refractivity contribution in [1.82, 2.24) is 14.7 Å². The van der Waals surface area contributed by atoms with Crippen LogP contribution in [-0.4, -0.2) is 15.3 Å². The number of aryl methyl sites for hydroxylation is 1. The van der Waals surface area contributed by atoms with Crippen LogP contribution in [0, 0.1) is 0 Å². The molecule has 0 fully saturated rings. The summed E-state index contributed by atoms with van der Waals surface area (Å²) in [7, 11) is 0. The van der Waals surface area contributed by atoms with Crippen LogP contribution in [0.2, 0.25) is 0 Å². The van der Waals surface area contributed by atoms with Gasteiger partial charge in [0.05, 0.1) is 11.3 Å². The number of nitrogens with zero attached hydrogens (tertiary/aromatic N) is 2. The molecule has 0 atom stereocenters. The lowest BCUT2D eigenvalue weighted by atomic mass is 10.2. The van der Waals surface area contributed by atoms with Crippen molar-refractivity contribution >= 4 is 11.6 Å². The van der Waals surface area contributed by atoms with Gasteiger partial charge in [-0.15, -0.1) is 0 Å². The molecule has 7 heteroatoms. The van der Waals surface area contributed by atoms with Gasteiger partial charge in [0.1, 0.15) is 11.3 Å². The molecule has 0 radical (unpaired) electrons. The first kappa shape index (κ1) is 18.0. The third-order valence-electron chi connectivity index (χ3n) is 4.02. The maximum Gasteiger partial charge on any atom is 0.417 e. The standard InChI is InChI=1S/C19H18F3N3O/c1-2-6-15-17(18(26)23-11-13-7-4-3-5-8-13)25-12-14(19(20,21)22)9-10-16(25)24-15/h3-5,7-10,12H,2,6,11H2,1H3,(H,23,26). The first-order valence-electron chi connectivity index (χ1n) is 8.30. The molecule has 26 heavy (non-hydrogen) atoms. The molecule has 1 N–H and O–H groups in total. The molecule has 0 aliphatic heterocycles. The van der Waals surface area contributed by atoms with E-state index in [-0.39, 0.29) is 12.2 Å². The van der Waals surface area contributed by atoms with Crippen molar-refractivity contribution in [2.45, 2.75) is 32.5 Å². The zero-order valence-corrected chi connectivity index (χ0v) is 14.2. The van der Waals surface area contributed by atoms with Crippen LogP contribution in [-0.2, 0) is 19.1 Å². The molecule has 0 aliphatic carbocycles. The fourth-order valence-electron chi connectivity index (χ4n) is 2.77. The number of hydrogen-bond donors (Lipinski definition) is 1. The van der Waals surface area contributed by atoms with Gasteiger partial charge >= 0.3 is 6.18 Å². The highest BCUT2D eigenvalue weighted by molar-refractivity contribution is 5.94. The topological polar surface area (TPSA) is 46.4 Å². The second kappa shape index (κ2) is 7.19. The molecule has 3 aromatic rings. The van der Waals surface area contributed by atoms with E-state index >= 15 is 0 Å². The largest absolute Gasteiger partial charge is 0.417 e. The summed E-state index contributed by atoms with van der Waals surface area (Å²) >= 11 is 0. The molecule has 136 valence electrons. The van der Waals surface area contributed by atoms with Crippen molar-refractivity contribution in [2.75, 3.05) is 0 Å². The summed E-state index contributed by atoms with van der Waals surface area (Å²) in [5, 5.41) is 2.77. The predicted octanol–water partition coefficient (Wildman–Crippen LogP) is 4.24. The van der Waals surface area contributed by atoms with Crippen LogP contribution in [0.5, 0.6) is 0 Å². The Bertz CT molecular complexity index is 917. The highest BCUT2D eigenvalue weighted by Gasteiger charge is 2.31. The molecular weight excluding hydrogens is 343 g/mol. The van der Waals surface area contributed by atoms with E-state index in [1.807, 2.05) is 37.3 Å². The van der Waals surface area contributed by atoms with Gasteiger partial charge < -0.3 is 5.32 Å². The van der Waals surface area contributed by atoms with E-state index in [9.17, 15) is 18.0 Å². The van der Waals surface area contributed by atoms with E-state index in [0.717, 1.165) is 24.2 Å². The van der Waals surface area contributed by atoms with Crippen LogP contribution in [0.4, 0.5) is 13.2 Å². The maximum atomic E-state index is 13.0. The van der Waals surface area contributed by atoms with Crippen molar-refractivity contribution in [1.29, 1.82) is 0 Å². The second-order valence-corrected chi connectivity index (χ2v) is 5.97. The molecule has 0 saturated heterocycles. The number of benzene rings is 1. The lowest BCUT2D eigenvalue weighted by Crippen LogP contribution is -2.25. The Labute approximate surface area is 148 Å². The number of alkyl halides is 3. The summed E-state index contributed by atoms with van der Waals surface area (Å²) in [4.78, 5) is 17.0. The van der Waals surface area contributed by atoms with Gasteiger partial charge in [-0.05, 0) is 24.1 Å².